The van der Waals surface area contributed by atoms with Gasteiger partial charge in [-0.1, -0.05) is 0 Å². The zero-order valence-electron chi connectivity index (χ0n) is 30.1. The van der Waals surface area contributed by atoms with Gasteiger partial charge in [-0.25, -0.2) is 0 Å². The first-order valence-corrected chi connectivity index (χ1v) is 18.1. The summed E-state index contributed by atoms with van der Waals surface area (Å²) < 4.78 is 40.2. The summed E-state index contributed by atoms with van der Waals surface area (Å²) in [7, 11) is 0. The Morgan fingerprint density at radius 2 is 0.889 bits per heavy atom. The summed E-state index contributed by atoms with van der Waals surface area (Å²) in [5, 5.41) is 105. The van der Waals surface area contributed by atoms with E-state index in [0.29, 0.717) is 0 Å². The normalized spacial score (nSPS) is 46.0. The third-order valence-electron chi connectivity index (χ3n) is 10.8. The predicted octanol–water partition coefficient (Wildman–Crippen LogP) is -8.84. The van der Waals surface area contributed by atoms with Crippen LogP contribution in [0.5, 0.6) is 0 Å². The Morgan fingerprint density at radius 3 is 1.37 bits per heavy atom. The number of carbonyl (C=O) groups excluding carboxylic acids is 1. The Labute approximate surface area is 311 Å². The lowest BCUT2D eigenvalue weighted by molar-refractivity contribution is -0.243. The van der Waals surface area contributed by atoms with Gasteiger partial charge in [-0.05, 0) is 0 Å². The molecule has 0 aromatic heterocycles. The number of hydrogen-bond acceptors (Lipinski definition) is 21. The average Bonchev–Trinajstić information content (AvgIpc) is 3.15. The van der Waals surface area contributed by atoms with Gasteiger partial charge in [-0.2, -0.15) is 0 Å². The molecule has 17 N–H and O–H groups in total. The van der Waals surface area contributed by atoms with E-state index in [1.165, 1.54) is 6.92 Å². The van der Waals surface area contributed by atoms with Crippen LogP contribution in [0.4, 0.5) is 0 Å². The van der Waals surface area contributed by atoms with Gasteiger partial charge in [0.15, 0.2) is 6.29 Å². The quantitative estimate of drug-likeness (QED) is 0.0650. The first kappa shape index (κ1) is 45.4. The standard InChI is InChI=1S/C32H60N4O18/c1-12(41)36-26-22(11-50-7-14-18(4-39)54-32(47)25(35)28(14)43)52-17(3-38)15(29(26)44)8-49-9-20-23(33)27(42)13(16(2-37)51-20)6-48-10-21-24(34)31(46)30(45)19(5-40)53-21/h13-32,37-40,42-47H,2-11,33-35H2,1H3,(H,36,41)/t13-,14-,15-,16?,17?,18?,19?,20+,21+,22+,23?,24?,25?,26?,27-,28-,29-,30-,31+,32-/m1/s1. The van der Waals surface area contributed by atoms with E-state index in [1.807, 2.05) is 0 Å². The Hall–Kier alpha value is -1.33. The molecule has 0 aliphatic carbocycles. The van der Waals surface area contributed by atoms with Gasteiger partial charge in [0.1, 0.15) is 24.4 Å². The molecule has 0 aromatic carbocycles. The van der Waals surface area contributed by atoms with Gasteiger partial charge >= 0.3 is 0 Å². The summed E-state index contributed by atoms with van der Waals surface area (Å²) in [6.45, 7) is -2.07. The maximum Gasteiger partial charge on any atom is 0.217 e. The smallest absolute Gasteiger partial charge is 0.217 e. The van der Waals surface area contributed by atoms with Crippen LogP contribution in [0.15, 0.2) is 0 Å². The van der Waals surface area contributed by atoms with Gasteiger partial charge in [0.05, 0.1) is 139 Å². The number of nitrogens with one attached hydrogen (secondary N) is 1. The Kier molecular flexibility index (Phi) is 17.6. The maximum atomic E-state index is 12.1. The van der Waals surface area contributed by atoms with Crippen LogP contribution in [0.1, 0.15) is 6.92 Å². The molecule has 0 spiro atoms. The van der Waals surface area contributed by atoms with Crippen LogP contribution < -0.4 is 22.5 Å². The molecule has 0 bridgehead atoms. The van der Waals surface area contributed by atoms with Crippen LogP contribution in [0.2, 0.25) is 0 Å². The van der Waals surface area contributed by atoms with Gasteiger partial charge in [0, 0.05) is 24.7 Å². The second-order valence-electron chi connectivity index (χ2n) is 14.4. The van der Waals surface area contributed by atoms with E-state index in [-0.39, 0.29) is 39.6 Å². The molecule has 4 saturated heterocycles. The molecule has 8 unspecified atom stereocenters. The molecule has 0 saturated carbocycles. The van der Waals surface area contributed by atoms with E-state index in [9.17, 15) is 55.9 Å². The van der Waals surface area contributed by atoms with Crippen molar-refractivity contribution in [2.75, 3.05) is 66.1 Å². The van der Waals surface area contributed by atoms with Crippen LogP contribution in [-0.4, -0.2) is 227 Å². The summed E-state index contributed by atoms with van der Waals surface area (Å²) in [6.07, 6.45) is -14.8. The topological polar surface area (TPSA) is 374 Å². The summed E-state index contributed by atoms with van der Waals surface area (Å²) in [5.74, 6) is -3.00. The predicted molar refractivity (Wildman–Crippen MR) is 180 cm³/mol. The fourth-order valence-corrected chi connectivity index (χ4v) is 7.49. The van der Waals surface area contributed by atoms with Crippen molar-refractivity contribution in [2.45, 2.75) is 111 Å². The number of hydrogen-bond donors (Lipinski definition) is 14. The van der Waals surface area contributed by atoms with E-state index in [4.69, 9.17) is 50.4 Å². The lowest BCUT2D eigenvalue weighted by Crippen LogP contribution is -2.64. The number of nitrogens with two attached hydrogens (primary N) is 3. The van der Waals surface area contributed by atoms with Crippen LogP contribution in [0.25, 0.3) is 0 Å². The van der Waals surface area contributed by atoms with E-state index in [2.05, 4.69) is 5.32 Å². The number of aliphatic hydroxyl groups is 10. The van der Waals surface area contributed by atoms with E-state index >= 15 is 0 Å². The van der Waals surface area contributed by atoms with Crippen molar-refractivity contribution in [1.29, 1.82) is 0 Å². The zero-order chi connectivity index (χ0) is 39.9. The highest BCUT2D eigenvalue weighted by Gasteiger charge is 2.48. The van der Waals surface area contributed by atoms with Gasteiger partial charge < -0.3 is 107 Å². The molecule has 54 heavy (non-hydrogen) atoms. The van der Waals surface area contributed by atoms with Crippen LogP contribution in [0.3, 0.4) is 0 Å². The highest BCUT2D eigenvalue weighted by atomic mass is 16.6. The first-order valence-electron chi connectivity index (χ1n) is 18.1. The van der Waals surface area contributed by atoms with Crippen molar-refractivity contribution in [2.24, 2.45) is 35.0 Å². The third-order valence-corrected chi connectivity index (χ3v) is 10.8. The molecule has 22 nitrogen and oxygen atoms in total. The monoisotopic (exact) mass is 788 g/mol. The van der Waals surface area contributed by atoms with Gasteiger partial charge in [-0.15, -0.1) is 0 Å². The summed E-state index contributed by atoms with van der Waals surface area (Å²) >= 11 is 0. The Bertz CT molecular complexity index is 1130. The number of rotatable bonds is 17. The molecule has 4 aliphatic heterocycles. The minimum Gasteiger partial charge on any atom is -0.394 e. The molecular weight excluding hydrogens is 728 g/mol. The number of aliphatic hydroxyl groups excluding tert-OH is 10. The van der Waals surface area contributed by atoms with Crippen molar-refractivity contribution in [1.82, 2.24) is 5.32 Å². The summed E-state index contributed by atoms with van der Waals surface area (Å²) in [6, 6.07) is -4.22. The summed E-state index contributed by atoms with van der Waals surface area (Å²) in [4.78, 5) is 12.1. The van der Waals surface area contributed by atoms with Crippen molar-refractivity contribution in [3.8, 4) is 0 Å². The lowest BCUT2D eigenvalue weighted by atomic mass is 9.85. The second-order valence-corrected chi connectivity index (χ2v) is 14.4. The molecule has 4 fully saturated rings. The minimum absolute atomic E-state index is 0.157. The van der Waals surface area contributed by atoms with Crippen LogP contribution >= 0.6 is 0 Å². The average molecular weight is 789 g/mol. The number of carbonyl (C=O) groups is 1. The van der Waals surface area contributed by atoms with E-state index < -0.39 is 154 Å². The van der Waals surface area contributed by atoms with Gasteiger partial charge in [0.2, 0.25) is 5.91 Å². The van der Waals surface area contributed by atoms with Crippen molar-refractivity contribution >= 4 is 5.91 Å². The molecule has 0 radical (unpaired) electrons. The van der Waals surface area contributed by atoms with E-state index in [1.54, 1.807) is 0 Å². The minimum atomic E-state index is -1.48. The van der Waals surface area contributed by atoms with Crippen LogP contribution in [0, 0.1) is 17.8 Å². The van der Waals surface area contributed by atoms with Crippen LogP contribution in [-0.2, 0) is 38.0 Å². The van der Waals surface area contributed by atoms with Gasteiger partial charge in [0.25, 0.3) is 0 Å². The SMILES string of the molecule is CC(=O)NC1[C@H](COC[C@@H]2C(CO)O[C@@H](O)C(N)[C@@H]2O)OC(CO)[C@@H](COC[C@@H]2OC(CO)[C@@H](COC[C@@H]3OC(CO)[C@@H](O)[C@@H](O)C3N)[C@@H](O)C2N)[C@H]1O. The van der Waals surface area contributed by atoms with Crippen molar-refractivity contribution in [3.05, 3.63) is 0 Å². The summed E-state index contributed by atoms with van der Waals surface area (Å²) in [5.41, 5.74) is 18.1. The van der Waals surface area contributed by atoms with Crippen molar-refractivity contribution in [3.63, 3.8) is 0 Å². The number of ether oxygens (including phenoxy) is 7. The first-order chi connectivity index (χ1) is 25.7. The van der Waals surface area contributed by atoms with Crippen molar-refractivity contribution < 1.29 is 89.0 Å². The highest BCUT2D eigenvalue weighted by molar-refractivity contribution is 5.73. The maximum absolute atomic E-state index is 12.1. The zero-order valence-corrected chi connectivity index (χ0v) is 30.1. The largest absolute Gasteiger partial charge is 0.394 e. The number of amides is 1. The second kappa shape index (κ2) is 20.9. The molecule has 316 valence electrons. The fraction of sp³-hybridized carbons (Fsp3) is 0.969. The third kappa shape index (κ3) is 10.6. The molecule has 20 atom stereocenters. The molecule has 4 heterocycles. The Morgan fingerprint density at radius 1 is 0.500 bits per heavy atom. The van der Waals surface area contributed by atoms with E-state index in [0.717, 1.165) is 0 Å². The molecular formula is C32H60N4O18. The Balaban J connectivity index is 1.30. The molecule has 0 aromatic rings. The molecule has 4 aliphatic rings. The lowest BCUT2D eigenvalue weighted by Gasteiger charge is -2.46. The highest BCUT2D eigenvalue weighted by Crippen LogP contribution is 2.31. The van der Waals surface area contributed by atoms with Gasteiger partial charge in [-0.3, -0.25) is 4.79 Å². The molecule has 1 amide bonds. The molecule has 4 rings (SSSR count). The fourth-order valence-electron chi connectivity index (χ4n) is 7.49. The molecule has 22 heteroatoms.